The predicted octanol–water partition coefficient (Wildman–Crippen LogP) is 2.28. The Hall–Kier alpha value is -1.07. The first-order chi connectivity index (χ1) is 9.63. The number of hydrogen-bond donors (Lipinski definition) is 1. The molecule has 0 aromatic heterocycles. The average molecular weight is 294 g/mol. The lowest BCUT2D eigenvalue weighted by Gasteiger charge is -2.34. The number of piperazine rings is 1. The summed E-state index contributed by atoms with van der Waals surface area (Å²) in [5.41, 5.74) is 0.520. The SMILES string of the molecule is O=C(c1ccc(F)c(S)c1)N1CCN(CC2CC2)CC1. The number of hydrogen-bond acceptors (Lipinski definition) is 3. The number of rotatable bonds is 3. The first-order valence-corrected chi connectivity index (χ1v) is 7.58. The maximum absolute atomic E-state index is 13.2. The highest BCUT2D eigenvalue weighted by atomic mass is 32.1. The van der Waals surface area contributed by atoms with E-state index in [0.717, 1.165) is 32.1 Å². The molecule has 1 heterocycles. The highest BCUT2D eigenvalue weighted by Gasteiger charge is 2.28. The summed E-state index contributed by atoms with van der Waals surface area (Å²) in [7, 11) is 0. The van der Waals surface area contributed by atoms with Gasteiger partial charge >= 0.3 is 0 Å². The lowest BCUT2D eigenvalue weighted by atomic mass is 10.1. The number of carbonyl (C=O) groups is 1. The summed E-state index contributed by atoms with van der Waals surface area (Å²) in [5.74, 6) is 0.478. The molecule has 0 bridgehead atoms. The van der Waals surface area contributed by atoms with Crippen molar-refractivity contribution in [2.75, 3.05) is 32.7 Å². The smallest absolute Gasteiger partial charge is 0.253 e. The van der Waals surface area contributed by atoms with Crippen molar-refractivity contribution in [3.05, 3.63) is 29.6 Å². The van der Waals surface area contributed by atoms with E-state index in [4.69, 9.17) is 0 Å². The third kappa shape index (κ3) is 3.15. The van der Waals surface area contributed by atoms with Gasteiger partial charge in [0, 0.05) is 43.2 Å². The van der Waals surface area contributed by atoms with Crippen molar-refractivity contribution in [3.63, 3.8) is 0 Å². The molecule has 2 aliphatic rings. The minimum Gasteiger partial charge on any atom is -0.336 e. The van der Waals surface area contributed by atoms with Crippen molar-refractivity contribution >= 4 is 18.5 Å². The zero-order valence-electron chi connectivity index (χ0n) is 11.4. The molecule has 0 atom stereocenters. The molecular weight excluding hydrogens is 275 g/mol. The van der Waals surface area contributed by atoms with Gasteiger partial charge < -0.3 is 4.90 Å². The molecule has 2 fully saturated rings. The Morgan fingerprint density at radius 3 is 2.55 bits per heavy atom. The molecule has 1 saturated heterocycles. The Morgan fingerprint density at radius 2 is 1.95 bits per heavy atom. The molecule has 1 aromatic rings. The van der Waals surface area contributed by atoms with Crippen molar-refractivity contribution in [1.29, 1.82) is 0 Å². The number of halogens is 1. The summed E-state index contributed by atoms with van der Waals surface area (Å²) >= 11 is 4.03. The van der Waals surface area contributed by atoms with Crippen LogP contribution in [-0.2, 0) is 0 Å². The Labute approximate surface area is 124 Å². The summed E-state index contributed by atoms with van der Waals surface area (Å²) < 4.78 is 13.2. The Morgan fingerprint density at radius 1 is 1.25 bits per heavy atom. The van der Waals surface area contributed by atoms with E-state index in [1.165, 1.54) is 37.6 Å². The van der Waals surface area contributed by atoms with Crippen LogP contribution in [-0.4, -0.2) is 48.4 Å². The molecular formula is C15H19FN2OS. The van der Waals surface area contributed by atoms with E-state index in [0.29, 0.717) is 5.56 Å². The number of nitrogens with zero attached hydrogens (tertiary/aromatic N) is 2. The lowest BCUT2D eigenvalue weighted by molar-refractivity contribution is 0.0631. The molecule has 108 valence electrons. The van der Waals surface area contributed by atoms with Crippen LogP contribution in [0.25, 0.3) is 0 Å². The first kappa shape index (κ1) is 13.9. The van der Waals surface area contributed by atoms with Crippen LogP contribution in [0.1, 0.15) is 23.2 Å². The summed E-state index contributed by atoms with van der Waals surface area (Å²) in [6, 6.07) is 4.35. The van der Waals surface area contributed by atoms with Crippen LogP contribution < -0.4 is 0 Å². The maximum Gasteiger partial charge on any atom is 0.253 e. The Kier molecular flexibility index (Phi) is 3.98. The number of thiol groups is 1. The van der Waals surface area contributed by atoms with E-state index >= 15 is 0 Å². The number of amides is 1. The van der Waals surface area contributed by atoms with Gasteiger partial charge in [-0.05, 0) is 37.0 Å². The van der Waals surface area contributed by atoms with Crippen LogP contribution in [0, 0.1) is 11.7 Å². The molecule has 0 spiro atoms. The van der Waals surface area contributed by atoms with Gasteiger partial charge in [-0.2, -0.15) is 0 Å². The van der Waals surface area contributed by atoms with Gasteiger partial charge in [0.2, 0.25) is 0 Å². The topological polar surface area (TPSA) is 23.6 Å². The predicted molar refractivity (Wildman–Crippen MR) is 78.7 cm³/mol. The van der Waals surface area contributed by atoms with Crippen LogP contribution in [0.3, 0.4) is 0 Å². The lowest BCUT2D eigenvalue weighted by Crippen LogP contribution is -2.49. The fourth-order valence-corrected chi connectivity index (χ4v) is 2.84. The van der Waals surface area contributed by atoms with Gasteiger partial charge in [-0.1, -0.05) is 0 Å². The molecule has 1 aliphatic heterocycles. The molecule has 0 N–H and O–H groups in total. The molecule has 1 saturated carbocycles. The van der Waals surface area contributed by atoms with Crippen LogP contribution in [0.15, 0.2) is 23.1 Å². The second-order valence-corrected chi connectivity index (χ2v) is 6.18. The van der Waals surface area contributed by atoms with E-state index in [1.807, 2.05) is 4.90 Å². The van der Waals surface area contributed by atoms with Crippen molar-refractivity contribution < 1.29 is 9.18 Å². The monoisotopic (exact) mass is 294 g/mol. The van der Waals surface area contributed by atoms with Crippen LogP contribution in [0.5, 0.6) is 0 Å². The van der Waals surface area contributed by atoms with E-state index in [2.05, 4.69) is 17.5 Å². The highest BCUT2D eigenvalue weighted by Crippen LogP contribution is 2.30. The number of carbonyl (C=O) groups excluding carboxylic acids is 1. The zero-order chi connectivity index (χ0) is 14.1. The van der Waals surface area contributed by atoms with E-state index in [1.54, 1.807) is 0 Å². The molecule has 0 unspecified atom stereocenters. The van der Waals surface area contributed by atoms with Gasteiger partial charge in [0.15, 0.2) is 0 Å². The van der Waals surface area contributed by atoms with Gasteiger partial charge in [0.25, 0.3) is 5.91 Å². The fraction of sp³-hybridized carbons (Fsp3) is 0.533. The summed E-state index contributed by atoms with van der Waals surface area (Å²) in [5, 5.41) is 0. The molecule has 1 amide bonds. The van der Waals surface area contributed by atoms with Crippen molar-refractivity contribution in [1.82, 2.24) is 9.80 Å². The van der Waals surface area contributed by atoms with Gasteiger partial charge in [0.1, 0.15) is 5.82 Å². The molecule has 3 nitrogen and oxygen atoms in total. The minimum atomic E-state index is -0.390. The fourth-order valence-electron chi connectivity index (χ4n) is 2.63. The Bertz CT molecular complexity index is 511. The van der Waals surface area contributed by atoms with Crippen LogP contribution in [0.4, 0.5) is 4.39 Å². The van der Waals surface area contributed by atoms with Crippen LogP contribution >= 0.6 is 12.6 Å². The highest BCUT2D eigenvalue weighted by molar-refractivity contribution is 7.80. The maximum atomic E-state index is 13.2. The molecule has 5 heteroatoms. The quantitative estimate of drug-likeness (QED) is 0.865. The van der Waals surface area contributed by atoms with Gasteiger partial charge in [-0.15, -0.1) is 12.6 Å². The minimum absolute atomic E-state index is 0.0219. The van der Waals surface area contributed by atoms with Crippen molar-refractivity contribution in [2.24, 2.45) is 5.92 Å². The van der Waals surface area contributed by atoms with E-state index in [9.17, 15) is 9.18 Å². The number of benzene rings is 1. The van der Waals surface area contributed by atoms with Gasteiger partial charge in [-0.3, -0.25) is 9.69 Å². The van der Waals surface area contributed by atoms with E-state index < -0.39 is 0 Å². The Balaban J connectivity index is 1.58. The third-order valence-corrected chi connectivity index (χ3v) is 4.41. The average Bonchev–Trinajstić information content (AvgIpc) is 3.26. The first-order valence-electron chi connectivity index (χ1n) is 7.13. The van der Waals surface area contributed by atoms with Crippen molar-refractivity contribution in [3.8, 4) is 0 Å². The third-order valence-electron chi connectivity index (χ3n) is 4.07. The van der Waals surface area contributed by atoms with Crippen molar-refractivity contribution in [2.45, 2.75) is 17.7 Å². The molecule has 1 aliphatic carbocycles. The van der Waals surface area contributed by atoms with E-state index in [-0.39, 0.29) is 16.6 Å². The van der Waals surface area contributed by atoms with Gasteiger partial charge in [-0.25, -0.2) is 4.39 Å². The normalized spacial score (nSPS) is 20.2. The molecule has 20 heavy (non-hydrogen) atoms. The second-order valence-electron chi connectivity index (χ2n) is 5.70. The molecule has 1 aromatic carbocycles. The standard InChI is InChI=1S/C15H19FN2OS/c16-13-4-3-12(9-14(13)20)15(19)18-7-5-17(6-8-18)10-11-1-2-11/h3-4,9,11,20H,1-2,5-8,10H2. The largest absolute Gasteiger partial charge is 0.336 e. The summed E-state index contributed by atoms with van der Waals surface area (Å²) in [6.45, 7) is 4.57. The molecule has 0 radical (unpaired) electrons. The molecule has 3 rings (SSSR count). The van der Waals surface area contributed by atoms with Gasteiger partial charge in [0.05, 0.1) is 0 Å². The zero-order valence-corrected chi connectivity index (χ0v) is 12.3. The second kappa shape index (κ2) is 5.74. The summed E-state index contributed by atoms with van der Waals surface area (Å²) in [6.07, 6.45) is 2.72. The van der Waals surface area contributed by atoms with Crippen LogP contribution in [0.2, 0.25) is 0 Å². The summed E-state index contributed by atoms with van der Waals surface area (Å²) in [4.78, 5) is 16.9.